The summed E-state index contributed by atoms with van der Waals surface area (Å²) in [6.07, 6.45) is 7.11. The molecule has 3 rings (SSSR count). The molecule has 94 valence electrons. The number of hydrogen-bond donors (Lipinski definition) is 1. The van der Waals surface area contributed by atoms with Gasteiger partial charge in [-0.15, -0.1) is 5.10 Å². The van der Waals surface area contributed by atoms with Gasteiger partial charge in [0.15, 0.2) is 0 Å². The molecule has 1 aliphatic carbocycles. The third kappa shape index (κ3) is 2.16. The molecule has 0 amide bonds. The Hall–Kier alpha value is -1.68. The fraction of sp³-hybridized carbons (Fsp3) is 0.429. The molecule has 0 bridgehead atoms. The summed E-state index contributed by atoms with van der Waals surface area (Å²) >= 11 is 0. The van der Waals surface area contributed by atoms with Crippen LogP contribution in [-0.2, 0) is 19.3 Å². The summed E-state index contributed by atoms with van der Waals surface area (Å²) in [5.41, 5.74) is 4.93. The Morgan fingerprint density at radius 1 is 1.22 bits per heavy atom. The van der Waals surface area contributed by atoms with Gasteiger partial charge in [0.25, 0.3) is 0 Å². The zero-order valence-electron chi connectivity index (χ0n) is 10.3. The molecular weight excluding hydrogens is 226 g/mol. The Kier molecular flexibility index (Phi) is 3.11. The molecule has 1 aromatic heterocycles. The summed E-state index contributed by atoms with van der Waals surface area (Å²) in [6, 6.07) is 6.52. The van der Waals surface area contributed by atoms with Gasteiger partial charge in [-0.1, -0.05) is 11.3 Å². The summed E-state index contributed by atoms with van der Waals surface area (Å²) in [5, 5.41) is 17.1. The van der Waals surface area contributed by atoms with Crippen LogP contribution in [0.2, 0.25) is 0 Å². The second-order valence-electron chi connectivity index (χ2n) is 4.79. The van der Waals surface area contributed by atoms with E-state index in [1.54, 1.807) is 0 Å². The molecule has 0 fully saturated rings. The Balaban J connectivity index is 1.83. The van der Waals surface area contributed by atoms with Crippen molar-refractivity contribution >= 4 is 0 Å². The minimum absolute atomic E-state index is 0.200. The van der Waals surface area contributed by atoms with Crippen LogP contribution in [0.4, 0.5) is 0 Å². The zero-order valence-corrected chi connectivity index (χ0v) is 10.3. The maximum atomic E-state index is 8.80. The molecule has 4 heteroatoms. The number of aromatic nitrogens is 3. The SMILES string of the molecule is OCCCc1cn(-c2ccc3c(c2)CCC3)nn1. The van der Waals surface area contributed by atoms with Crippen LogP contribution in [0.5, 0.6) is 0 Å². The lowest BCUT2D eigenvalue weighted by Gasteiger charge is -2.03. The number of hydrogen-bond acceptors (Lipinski definition) is 3. The zero-order chi connectivity index (χ0) is 12.4. The summed E-state index contributed by atoms with van der Waals surface area (Å²) in [6.45, 7) is 0.200. The number of aryl methyl sites for hydroxylation is 3. The number of benzene rings is 1. The molecule has 0 saturated carbocycles. The van der Waals surface area contributed by atoms with Gasteiger partial charge in [-0.2, -0.15) is 0 Å². The topological polar surface area (TPSA) is 50.9 Å². The van der Waals surface area contributed by atoms with Crippen LogP contribution in [0.1, 0.15) is 29.7 Å². The molecule has 1 aliphatic rings. The van der Waals surface area contributed by atoms with E-state index in [2.05, 4.69) is 28.5 Å². The number of aliphatic hydroxyl groups excluding tert-OH is 1. The van der Waals surface area contributed by atoms with E-state index in [0.717, 1.165) is 24.2 Å². The van der Waals surface area contributed by atoms with Crippen molar-refractivity contribution in [3.8, 4) is 5.69 Å². The second kappa shape index (κ2) is 4.90. The van der Waals surface area contributed by atoms with Crippen molar-refractivity contribution in [1.29, 1.82) is 0 Å². The Labute approximate surface area is 106 Å². The molecule has 0 atom stereocenters. The fourth-order valence-electron chi connectivity index (χ4n) is 2.50. The molecule has 2 aromatic rings. The number of fused-ring (bicyclic) bond motifs is 1. The maximum Gasteiger partial charge on any atom is 0.0832 e. The van der Waals surface area contributed by atoms with Crippen LogP contribution < -0.4 is 0 Å². The predicted octanol–water partition coefficient (Wildman–Crippen LogP) is 1.68. The molecule has 4 nitrogen and oxygen atoms in total. The average Bonchev–Trinajstić information content (AvgIpc) is 3.04. The van der Waals surface area contributed by atoms with Crippen molar-refractivity contribution in [2.75, 3.05) is 6.61 Å². The van der Waals surface area contributed by atoms with Gasteiger partial charge < -0.3 is 5.11 Å². The molecular formula is C14H17N3O. The fourth-order valence-corrected chi connectivity index (χ4v) is 2.50. The smallest absolute Gasteiger partial charge is 0.0832 e. The lowest BCUT2D eigenvalue weighted by atomic mass is 10.1. The van der Waals surface area contributed by atoms with Crippen molar-refractivity contribution in [1.82, 2.24) is 15.0 Å². The highest BCUT2D eigenvalue weighted by Gasteiger charge is 2.12. The first kappa shape index (κ1) is 11.4. The summed E-state index contributed by atoms with van der Waals surface area (Å²) in [5.74, 6) is 0. The third-order valence-corrected chi connectivity index (χ3v) is 3.48. The molecule has 1 N–H and O–H groups in total. The maximum absolute atomic E-state index is 8.80. The summed E-state index contributed by atoms with van der Waals surface area (Å²) in [7, 11) is 0. The van der Waals surface area contributed by atoms with Crippen LogP contribution in [-0.4, -0.2) is 26.7 Å². The van der Waals surface area contributed by atoms with E-state index in [1.807, 2.05) is 10.9 Å². The van der Waals surface area contributed by atoms with Gasteiger partial charge in [0.2, 0.25) is 0 Å². The molecule has 0 saturated heterocycles. The van der Waals surface area contributed by atoms with Gasteiger partial charge >= 0.3 is 0 Å². The van der Waals surface area contributed by atoms with Gasteiger partial charge in [-0.3, -0.25) is 0 Å². The summed E-state index contributed by atoms with van der Waals surface area (Å²) < 4.78 is 1.82. The Morgan fingerprint density at radius 3 is 3.00 bits per heavy atom. The molecule has 18 heavy (non-hydrogen) atoms. The molecule has 0 unspecified atom stereocenters. The van der Waals surface area contributed by atoms with E-state index < -0.39 is 0 Å². The molecule has 0 radical (unpaired) electrons. The van der Waals surface area contributed by atoms with Crippen LogP contribution in [0.3, 0.4) is 0 Å². The van der Waals surface area contributed by atoms with Crippen molar-refractivity contribution in [2.24, 2.45) is 0 Å². The van der Waals surface area contributed by atoms with Gasteiger partial charge in [0.1, 0.15) is 0 Å². The van der Waals surface area contributed by atoms with Crippen LogP contribution in [0.15, 0.2) is 24.4 Å². The first-order valence-corrected chi connectivity index (χ1v) is 6.51. The molecule has 1 heterocycles. The Morgan fingerprint density at radius 2 is 2.11 bits per heavy atom. The van der Waals surface area contributed by atoms with Crippen molar-refractivity contribution in [3.05, 3.63) is 41.2 Å². The van der Waals surface area contributed by atoms with Gasteiger partial charge in [0, 0.05) is 6.61 Å². The van der Waals surface area contributed by atoms with E-state index in [9.17, 15) is 0 Å². The Bertz CT molecular complexity index is 548. The standard InChI is InChI=1S/C14H17N3O/c18-8-2-5-13-10-17(16-15-13)14-7-6-11-3-1-4-12(11)9-14/h6-7,9-10,18H,1-5,8H2. The highest BCUT2D eigenvalue weighted by molar-refractivity contribution is 5.42. The first-order chi connectivity index (χ1) is 8.86. The van der Waals surface area contributed by atoms with E-state index in [-0.39, 0.29) is 6.61 Å². The minimum Gasteiger partial charge on any atom is -0.396 e. The number of rotatable bonds is 4. The quantitative estimate of drug-likeness (QED) is 0.889. The lowest BCUT2D eigenvalue weighted by molar-refractivity contribution is 0.288. The number of aliphatic hydroxyl groups is 1. The highest BCUT2D eigenvalue weighted by atomic mass is 16.2. The van der Waals surface area contributed by atoms with Gasteiger partial charge in [-0.05, 0) is 55.4 Å². The van der Waals surface area contributed by atoms with E-state index in [4.69, 9.17) is 5.11 Å². The van der Waals surface area contributed by atoms with Gasteiger partial charge in [-0.25, -0.2) is 4.68 Å². The second-order valence-corrected chi connectivity index (χ2v) is 4.79. The van der Waals surface area contributed by atoms with Crippen molar-refractivity contribution < 1.29 is 5.11 Å². The highest BCUT2D eigenvalue weighted by Crippen LogP contribution is 2.24. The third-order valence-electron chi connectivity index (χ3n) is 3.48. The van der Waals surface area contributed by atoms with Crippen LogP contribution in [0.25, 0.3) is 5.69 Å². The molecule has 0 spiro atoms. The lowest BCUT2D eigenvalue weighted by Crippen LogP contribution is -1.96. The monoisotopic (exact) mass is 243 g/mol. The van der Waals surface area contributed by atoms with Crippen molar-refractivity contribution in [2.45, 2.75) is 32.1 Å². The van der Waals surface area contributed by atoms with Gasteiger partial charge in [0.05, 0.1) is 17.6 Å². The molecule has 1 aromatic carbocycles. The first-order valence-electron chi connectivity index (χ1n) is 6.51. The minimum atomic E-state index is 0.200. The van der Waals surface area contributed by atoms with Crippen LogP contribution in [0, 0.1) is 0 Å². The summed E-state index contributed by atoms with van der Waals surface area (Å²) in [4.78, 5) is 0. The number of nitrogens with zero attached hydrogens (tertiary/aromatic N) is 3. The van der Waals surface area contributed by atoms with Crippen LogP contribution >= 0.6 is 0 Å². The largest absolute Gasteiger partial charge is 0.396 e. The van der Waals surface area contributed by atoms with Crippen molar-refractivity contribution in [3.63, 3.8) is 0 Å². The normalized spacial score (nSPS) is 13.8. The predicted molar refractivity (Wildman–Crippen MR) is 68.8 cm³/mol. The average molecular weight is 243 g/mol. The van der Waals surface area contributed by atoms with E-state index in [0.29, 0.717) is 0 Å². The molecule has 0 aliphatic heterocycles. The van der Waals surface area contributed by atoms with E-state index in [1.165, 1.54) is 30.4 Å². The van der Waals surface area contributed by atoms with E-state index >= 15 is 0 Å².